The lowest BCUT2D eigenvalue weighted by Crippen LogP contribution is -2.55. The van der Waals surface area contributed by atoms with Gasteiger partial charge in [-0.1, -0.05) is 71.4 Å². The molecule has 2 N–H and O–H groups in total. The highest BCUT2D eigenvalue weighted by Crippen LogP contribution is 2.31. The summed E-state index contributed by atoms with van der Waals surface area (Å²) in [5.41, 5.74) is 0.422. The molecule has 3 amide bonds. The van der Waals surface area contributed by atoms with Gasteiger partial charge in [0.05, 0.1) is 12.5 Å². The molecule has 13 heteroatoms. The van der Waals surface area contributed by atoms with Crippen LogP contribution in [0.3, 0.4) is 0 Å². The van der Waals surface area contributed by atoms with Crippen LogP contribution in [0.2, 0.25) is 0 Å². The van der Waals surface area contributed by atoms with Gasteiger partial charge in [0.15, 0.2) is 6.10 Å². The van der Waals surface area contributed by atoms with Crippen molar-refractivity contribution < 1.29 is 38.2 Å². The van der Waals surface area contributed by atoms with E-state index in [9.17, 15) is 24.0 Å². The van der Waals surface area contributed by atoms with Crippen molar-refractivity contribution in [3.8, 4) is 0 Å². The van der Waals surface area contributed by atoms with E-state index in [-0.39, 0.29) is 48.5 Å². The van der Waals surface area contributed by atoms with Crippen LogP contribution in [0.25, 0.3) is 0 Å². The maximum absolute atomic E-state index is 14.0. The van der Waals surface area contributed by atoms with Crippen LogP contribution < -0.4 is 10.6 Å². The first kappa shape index (κ1) is 43.2. The molecule has 0 aliphatic heterocycles. The molecule has 2 aromatic rings. The van der Waals surface area contributed by atoms with Gasteiger partial charge in [-0.3, -0.25) is 19.2 Å². The van der Waals surface area contributed by atoms with Crippen molar-refractivity contribution in [1.82, 2.24) is 20.5 Å². The molecule has 0 aliphatic carbocycles. The second kappa shape index (κ2) is 20.1. The summed E-state index contributed by atoms with van der Waals surface area (Å²) in [5.74, 6) is -2.27. The SMILES string of the molecule is CCOC(=O)[C@@H](C)C[C@H](Cc1ccccc1)NC(=O)c1csc([C@@H](C[C@H](C(C)C)N(C)C(=O)[C@@H](NC(=O)OC(C)(C)C)[C@@H](C)CC)OC(C)=O)n1. The fraction of sp³-hybridized carbons (Fsp3) is 0.632. The second-order valence-electron chi connectivity index (χ2n) is 14.4. The Hall–Kier alpha value is -4.00. The van der Waals surface area contributed by atoms with E-state index in [2.05, 4.69) is 15.6 Å². The lowest BCUT2D eigenvalue weighted by molar-refractivity contribution is -0.149. The fourth-order valence-electron chi connectivity index (χ4n) is 5.70. The Bertz CT molecular complexity index is 1440. The summed E-state index contributed by atoms with van der Waals surface area (Å²) in [4.78, 5) is 71.2. The first-order valence-electron chi connectivity index (χ1n) is 17.8. The maximum atomic E-state index is 14.0. The highest BCUT2D eigenvalue weighted by molar-refractivity contribution is 7.09. The smallest absolute Gasteiger partial charge is 0.408 e. The number of amides is 3. The molecule has 0 saturated heterocycles. The zero-order valence-corrected chi connectivity index (χ0v) is 32.9. The van der Waals surface area contributed by atoms with Crippen LogP contribution in [0.5, 0.6) is 0 Å². The summed E-state index contributed by atoms with van der Waals surface area (Å²) >= 11 is 1.19. The monoisotopic (exact) mass is 730 g/mol. The number of benzene rings is 1. The van der Waals surface area contributed by atoms with E-state index in [1.54, 1.807) is 51.9 Å². The number of ether oxygens (including phenoxy) is 3. The van der Waals surface area contributed by atoms with Gasteiger partial charge in [-0.2, -0.15) is 0 Å². The van der Waals surface area contributed by atoms with Crippen molar-refractivity contribution in [2.24, 2.45) is 17.8 Å². The van der Waals surface area contributed by atoms with E-state index in [1.807, 2.05) is 58.0 Å². The van der Waals surface area contributed by atoms with E-state index in [4.69, 9.17) is 14.2 Å². The zero-order chi connectivity index (χ0) is 38.5. The number of esters is 2. The minimum absolute atomic E-state index is 0.0704. The van der Waals surface area contributed by atoms with E-state index in [0.717, 1.165) is 5.56 Å². The summed E-state index contributed by atoms with van der Waals surface area (Å²) in [6, 6.07) is 8.03. The van der Waals surface area contributed by atoms with E-state index in [0.29, 0.717) is 24.3 Å². The predicted molar refractivity (Wildman–Crippen MR) is 197 cm³/mol. The van der Waals surface area contributed by atoms with E-state index >= 15 is 0 Å². The van der Waals surface area contributed by atoms with Gasteiger partial charge >= 0.3 is 18.0 Å². The number of likely N-dealkylation sites (N-methyl/N-ethyl adjacent to an activating group) is 1. The van der Waals surface area contributed by atoms with Gasteiger partial charge in [-0.25, -0.2) is 9.78 Å². The molecule has 51 heavy (non-hydrogen) atoms. The number of carbonyl (C=O) groups excluding carboxylic acids is 5. The van der Waals surface area contributed by atoms with Crippen LogP contribution in [-0.4, -0.2) is 77.1 Å². The van der Waals surface area contributed by atoms with Crippen LogP contribution in [-0.2, 0) is 35.0 Å². The minimum atomic E-state index is -0.846. The molecular formula is C38H58N4O8S. The summed E-state index contributed by atoms with van der Waals surface area (Å²) in [6.07, 6.45) is 0.190. The number of nitrogens with zero attached hydrogens (tertiary/aromatic N) is 2. The molecule has 0 radical (unpaired) electrons. The van der Waals surface area contributed by atoms with Crippen molar-refractivity contribution >= 4 is 41.2 Å². The van der Waals surface area contributed by atoms with E-state index in [1.165, 1.54) is 18.3 Å². The number of thiazole rings is 1. The number of alkyl carbamates (subject to hydrolysis) is 1. The van der Waals surface area contributed by atoms with Crippen LogP contribution in [0.1, 0.15) is 116 Å². The minimum Gasteiger partial charge on any atom is -0.466 e. The predicted octanol–water partition coefficient (Wildman–Crippen LogP) is 6.49. The first-order valence-corrected chi connectivity index (χ1v) is 18.6. The Morgan fingerprint density at radius 3 is 2.16 bits per heavy atom. The second-order valence-corrected chi connectivity index (χ2v) is 15.3. The van der Waals surface area contributed by atoms with Crippen LogP contribution in [0.15, 0.2) is 35.7 Å². The van der Waals surface area contributed by atoms with Gasteiger partial charge in [0, 0.05) is 37.9 Å². The number of rotatable bonds is 18. The largest absolute Gasteiger partial charge is 0.466 e. The van der Waals surface area contributed by atoms with Gasteiger partial charge < -0.3 is 29.7 Å². The molecule has 6 atom stereocenters. The molecule has 0 bridgehead atoms. The van der Waals surface area contributed by atoms with Crippen molar-refractivity contribution in [3.63, 3.8) is 0 Å². The molecule has 284 valence electrons. The Kier molecular flexibility index (Phi) is 17.1. The molecule has 0 saturated carbocycles. The standard InChI is InChI=1S/C38H58N4O8S/c1-12-24(5)32(41-37(47)50-38(8,9)10)35(45)42(11)30(23(3)4)21-31(49-26(7)43)34-40-29(22-51-34)33(44)39-28(19-25(6)36(46)48-13-2)20-27-17-15-14-16-18-27/h14-18,22-25,28,30-32H,12-13,19-21H2,1-11H3,(H,39,44)(H,41,47)/t24-,25-,28+,30+,31+,32-/m0/s1. The highest BCUT2D eigenvalue weighted by atomic mass is 32.1. The van der Waals surface area contributed by atoms with Gasteiger partial charge in [0.1, 0.15) is 22.3 Å². The Morgan fingerprint density at radius 1 is 0.961 bits per heavy atom. The van der Waals surface area contributed by atoms with Gasteiger partial charge in [-0.15, -0.1) is 11.3 Å². The molecule has 1 aromatic carbocycles. The number of aromatic nitrogens is 1. The molecule has 1 heterocycles. The normalized spacial score (nSPS) is 15.1. The third-order valence-electron chi connectivity index (χ3n) is 8.55. The number of nitrogens with one attached hydrogen (secondary N) is 2. The molecular weight excluding hydrogens is 673 g/mol. The lowest BCUT2D eigenvalue weighted by Gasteiger charge is -2.37. The Morgan fingerprint density at radius 2 is 1.61 bits per heavy atom. The molecule has 0 spiro atoms. The lowest BCUT2D eigenvalue weighted by atomic mass is 9.93. The number of hydrogen-bond donors (Lipinski definition) is 2. The third kappa shape index (κ3) is 14.3. The molecule has 0 unspecified atom stereocenters. The first-order chi connectivity index (χ1) is 23.9. The Labute approximate surface area is 307 Å². The van der Waals surface area contributed by atoms with Gasteiger partial charge in [0.25, 0.3) is 5.91 Å². The molecule has 0 aliphatic rings. The summed E-state index contributed by atoms with van der Waals surface area (Å²) in [6.45, 7) is 18.1. The highest BCUT2D eigenvalue weighted by Gasteiger charge is 2.36. The maximum Gasteiger partial charge on any atom is 0.408 e. The van der Waals surface area contributed by atoms with E-state index < -0.39 is 47.7 Å². The summed E-state index contributed by atoms with van der Waals surface area (Å²) in [5, 5.41) is 7.83. The zero-order valence-electron chi connectivity index (χ0n) is 32.1. The van der Waals surface area contributed by atoms with Crippen molar-refractivity contribution in [3.05, 3.63) is 52.0 Å². The van der Waals surface area contributed by atoms with Crippen LogP contribution >= 0.6 is 11.3 Å². The topological polar surface area (TPSA) is 153 Å². The molecule has 2 rings (SSSR count). The average Bonchev–Trinajstić information content (AvgIpc) is 3.54. The van der Waals surface area contributed by atoms with Crippen molar-refractivity contribution in [2.75, 3.05) is 13.7 Å². The van der Waals surface area contributed by atoms with Crippen molar-refractivity contribution in [1.29, 1.82) is 0 Å². The average molecular weight is 731 g/mol. The van der Waals surface area contributed by atoms with Crippen LogP contribution in [0.4, 0.5) is 4.79 Å². The molecule has 12 nitrogen and oxygen atoms in total. The molecule has 0 fully saturated rings. The van der Waals surface area contributed by atoms with Crippen LogP contribution in [0, 0.1) is 17.8 Å². The fourth-order valence-corrected chi connectivity index (χ4v) is 6.53. The van der Waals surface area contributed by atoms with Crippen molar-refractivity contribution in [2.45, 2.75) is 125 Å². The Balaban J connectivity index is 2.32. The summed E-state index contributed by atoms with van der Waals surface area (Å²) < 4.78 is 16.4. The van der Waals surface area contributed by atoms with Gasteiger partial charge in [0.2, 0.25) is 5.91 Å². The number of carbonyl (C=O) groups is 5. The molecule has 1 aromatic heterocycles. The summed E-state index contributed by atoms with van der Waals surface area (Å²) in [7, 11) is 1.68. The quantitative estimate of drug-likeness (QED) is 0.129. The third-order valence-corrected chi connectivity index (χ3v) is 9.48. The van der Waals surface area contributed by atoms with Gasteiger partial charge in [-0.05, 0) is 57.9 Å². The number of hydrogen-bond acceptors (Lipinski definition) is 10.